The van der Waals surface area contributed by atoms with Crippen molar-refractivity contribution in [1.82, 2.24) is 15.5 Å². The Morgan fingerprint density at radius 1 is 1.08 bits per heavy atom. The summed E-state index contributed by atoms with van der Waals surface area (Å²) in [6, 6.07) is 10.3. The van der Waals surface area contributed by atoms with E-state index in [0.29, 0.717) is 24.9 Å². The lowest BCUT2D eigenvalue weighted by Crippen LogP contribution is -2.41. The Hall–Kier alpha value is -2.71. The van der Waals surface area contributed by atoms with Crippen LogP contribution in [0.25, 0.3) is 11.0 Å². The number of likely N-dealkylation sites (tertiary alicyclic amines) is 1. The molecule has 36 heavy (non-hydrogen) atoms. The predicted molar refractivity (Wildman–Crippen MR) is 145 cm³/mol. The van der Waals surface area contributed by atoms with Crippen LogP contribution in [0.4, 0.5) is 4.39 Å². The fourth-order valence-electron chi connectivity index (χ4n) is 4.85. The zero-order valence-electron chi connectivity index (χ0n) is 20.5. The van der Waals surface area contributed by atoms with Crippen LogP contribution in [0.15, 0.2) is 51.6 Å². The molecule has 1 amide bonds. The number of hydrogen-bond donors (Lipinski definition) is 3. The summed E-state index contributed by atoms with van der Waals surface area (Å²) in [6.45, 7) is 4.19. The first-order valence-corrected chi connectivity index (χ1v) is 13.6. The number of amides is 1. The van der Waals surface area contributed by atoms with Gasteiger partial charge in [-0.1, -0.05) is 34.8 Å². The molecule has 3 N–H and O–H groups in total. The van der Waals surface area contributed by atoms with Gasteiger partial charge >= 0.3 is 0 Å². The van der Waals surface area contributed by atoms with Gasteiger partial charge in [0.15, 0.2) is 5.96 Å². The van der Waals surface area contributed by atoms with Crippen LogP contribution in [-0.2, 0) is 12.8 Å². The smallest absolute Gasteiger partial charge is 0.258 e. The molecular formula is C28H34BrFN4O2. The van der Waals surface area contributed by atoms with Crippen LogP contribution in [0.1, 0.15) is 60.0 Å². The minimum Gasteiger partial charge on any atom is -0.464 e. The minimum atomic E-state index is -0.482. The number of carbonyl (C=O) groups is 1. The average molecular weight is 558 g/mol. The summed E-state index contributed by atoms with van der Waals surface area (Å²) in [5.41, 5.74) is 2.28. The fraction of sp³-hybridized carbons (Fsp3) is 0.429. The maximum absolute atomic E-state index is 14.8. The first kappa shape index (κ1) is 26.4. The minimum absolute atomic E-state index is 0.0597. The Morgan fingerprint density at radius 2 is 1.92 bits per heavy atom. The number of aryl methyl sites for hydroxylation is 1. The highest BCUT2D eigenvalue weighted by molar-refractivity contribution is 9.10. The molecule has 192 valence electrons. The number of benzene rings is 2. The lowest BCUT2D eigenvalue weighted by Gasteiger charge is -2.26. The number of nitrogens with one attached hydrogen (secondary N) is 3. The van der Waals surface area contributed by atoms with E-state index >= 15 is 0 Å². The van der Waals surface area contributed by atoms with Crippen molar-refractivity contribution in [2.45, 2.75) is 51.4 Å². The van der Waals surface area contributed by atoms with Gasteiger partial charge in [-0.2, -0.15) is 0 Å². The van der Waals surface area contributed by atoms with E-state index in [9.17, 15) is 9.18 Å². The highest BCUT2D eigenvalue weighted by atomic mass is 79.9. The first-order chi connectivity index (χ1) is 17.5. The summed E-state index contributed by atoms with van der Waals surface area (Å²) < 4.78 is 21.3. The highest BCUT2D eigenvalue weighted by Gasteiger charge is 2.17. The molecule has 1 saturated heterocycles. The molecule has 0 spiro atoms. The lowest BCUT2D eigenvalue weighted by atomic mass is 9.98. The number of unbranched alkanes of at least 4 members (excludes halogenated alkanes) is 2. The zero-order valence-corrected chi connectivity index (χ0v) is 22.1. The largest absolute Gasteiger partial charge is 0.464 e. The maximum Gasteiger partial charge on any atom is 0.258 e. The molecule has 1 aliphatic rings. The van der Waals surface area contributed by atoms with Crippen molar-refractivity contribution >= 4 is 38.8 Å². The molecule has 1 fully saturated rings. The van der Waals surface area contributed by atoms with Crippen molar-refractivity contribution in [3.8, 4) is 0 Å². The molecule has 2 heterocycles. The molecule has 0 bridgehead atoms. The number of hydrogen-bond acceptors (Lipinski definition) is 4. The monoisotopic (exact) mass is 556 g/mol. The second kappa shape index (κ2) is 13.0. The average Bonchev–Trinajstić information content (AvgIpc) is 3.34. The van der Waals surface area contributed by atoms with Crippen molar-refractivity contribution in [2.24, 2.45) is 0 Å². The van der Waals surface area contributed by atoms with E-state index in [4.69, 9.17) is 9.83 Å². The summed E-state index contributed by atoms with van der Waals surface area (Å²) in [6.07, 6.45) is 9.61. The lowest BCUT2D eigenvalue weighted by molar-refractivity contribution is 0.0974. The van der Waals surface area contributed by atoms with E-state index in [-0.39, 0.29) is 11.5 Å². The number of carbonyl (C=O) groups excluding carboxylic acids is 1. The van der Waals surface area contributed by atoms with Crippen molar-refractivity contribution in [1.29, 1.82) is 5.41 Å². The number of furan rings is 1. The van der Waals surface area contributed by atoms with Crippen LogP contribution >= 0.6 is 15.9 Å². The number of halogens is 2. The Bertz CT molecular complexity index is 1190. The van der Waals surface area contributed by atoms with Crippen LogP contribution in [0.2, 0.25) is 0 Å². The topological polar surface area (TPSA) is 81.4 Å². The van der Waals surface area contributed by atoms with E-state index in [1.807, 2.05) is 18.2 Å². The highest BCUT2D eigenvalue weighted by Crippen LogP contribution is 2.27. The molecule has 0 unspecified atom stereocenters. The summed E-state index contributed by atoms with van der Waals surface area (Å²) in [7, 11) is 0. The zero-order chi connectivity index (χ0) is 25.3. The van der Waals surface area contributed by atoms with Gasteiger partial charge in [-0.15, -0.1) is 0 Å². The SMILES string of the molecule is N=C(NCCCCCN1CCCCC1)NC(=O)c1cccc(F)c1CCc1cc(Br)cc2ccoc12. The van der Waals surface area contributed by atoms with Gasteiger partial charge in [0.2, 0.25) is 0 Å². The number of guanidine groups is 1. The molecule has 8 heteroatoms. The number of fused-ring (bicyclic) bond motifs is 1. The summed E-state index contributed by atoms with van der Waals surface area (Å²) in [5, 5.41) is 14.6. The number of piperidine rings is 1. The molecule has 0 radical (unpaired) electrons. The Morgan fingerprint density at radius 3 is 2.75 bits per heavy atom. The van der Waals surface area contributed by atoms with Crippen LogP contribution in [0, 0.1) is 11.2 Å². The van der Waals surface area contributed by atoms with Gasteiger partial charge in [0.05, 0.1) is 6.26 Å². The molecule has 4 rings (SSSR count). The molecule has 3 aromatic rings. The second-order valence-electron chi connectivity index (χ2n) is 9.39. The standard InChI is InChI=1S/C28H34BrFN4O2/c29-22-18-20(26-21(19-22)12-17-36-26)10-11-23-24(8-7-9-25(23)30)27(35)33-28(31)32-13-3-1-4-14-34-15-5-2-6-16-34/h7-9,12,17-19H,1-6,10-11,13-16H2,(H3,31,32,33,35). The number of nitrogens with zero attached hydrogens (tertiary/aromatic N) is 1. The van der Waals surface area contributed by atoms with Crippen molar-refractivity contribution in [3.63, 3.8) is 0 Å². The van der Waals surface area contributed by atoms with Crippen molar-refractivity contribution in [2.75, 3.05) is 26.2 Å². The van der Waals surface area contributed by atoms with Crippen LogP contribution in [0.5, 0.6) is 0 Å². The van der Waals surface area contributed by atoms with Gasteiger partial charge in [-0.25, -0.2) is 4.39 Å². The van der Waals surface area contributed by atoms with Gasteiger partial charge in [0.25, 0.3) is 5.91 Å². The maximum atomic E-state index is 14.8. The van der Waals surface area contributed by atoms with Gasteiger partial charge in [0, 0.05) is 27.5 Å². The third-order valence-electron chi connectivity index (χ3n) is 6.74. The molecule has 0 saturated carbocycles. The van der Waals surface area contributed by atoms with Crippen molar-refractivity contribution in [3.05, 3.63) is 69.6 Å². The summed E-state index contributed by atoms with van der Waals surface area (Å²) in [5.74, 6) is -0.971. The van der Waals surface area contributed by atoms with E-state index in [1.54, 1.807) is 12.3 Å². The molecular weight excluding hydrogens is 523 g/mol. The Balaban J connectivity index is 1.26. The van der Waals surface area contributed by atoms with E-state index in [1.165, 1.54) is 44.5 Å². The van der Waals surface area contributed by atoms with E-state index < -0.39 is 11.7 Å². The molecule has 0 aliphatic carbocycles. The third kappa shape index (κ3) is 7.17. The molecule has 1 aliphatic heterocycles. The summed E-state index contributed by atoms with van der Waals surface area (Å²) >= 11 is 3.51. The Kier molecular flexibility index (Phi) is 9.53. The number of rotatable bonds is 10. The predicted octanol–water partition coefficient (Wildman–Crippen LogP) is 6.03. The third-order valence-corrected chi connectivity index (χ3v) is 7.20. The van der Waals surface area contributed by atoms with Crippen LogP contribution in [0.3, 0.4) is 0 Å². The van der Waals surface area contributed by atoms with Gasteiger partial charge in [-0.05, 0) is 94.1 Å². The van der Waals surface area contributed by atoms with Crippen LogP contribution in [-0.4, -0.2) is 42.9 Å². The molecule has 6 nitrogen and oxygen atoms in total. The van der Waals surface area contributed by atoms with Crippen molar-refractivity contribution < 1.29 is 13.6 Å². The quantitative estimate of drug-likeness (QED) is 0.162. The molecule has 2 aromatic carbocycles. The van der Waals surface area contributed by atoms with Gasteiger partial charge in [0.1, 0.15) is 11.4 Å². The van der Waals surface area contributed by atoms with E-state index in [2.05, 4.69) is 31.5 Å². The van der Waals surface area contributed by atoms with Gasteiger partial charge in [-0.3, -0.25) is 15.5 Å². The first-order valence-electron chi connectivity index (χ1n) is 12.8. The van der Waals surface area contributed by atoms with Gasteiger partial charge < -0.3 is 14.6 Å². The fourth-order valence-corrected chi connectivity index (χ4v) is 5.37. The second-order valence-corrected chi connectivity index (χ2v) is 10.3. The molecule has 0 atom stereocenters. The summed E-state index contributed by atoms with van der Waals surface area (Å²) in [4.78, 5) is 15.4. The molecule has 1 aromatic heterocycles. The Labute approximate surface area is 220 Å². The normalized spacial score (nSPS) is 14.2. The van der Waals surface area contributed by atoms with Crippen LogP contribution < -0.4 is 10.6 Å². The van der Waals surface area contributed by atoms with E-state index in [0.717, 1.165) is 46.8 Å².